The summed E-state index contributed by atoms with van der Waals surface area (Å²) in [6.07, 6.45) is 4.88. The van der Waals surface area contributed by atoms with Gasteiger partial charge in [0, 0.05) is 9.75 Å². The average Bonchev–Trinajstić information content (AvgIpc) is 2.56. The maximum Gasteiger partial charge on any atom is 0.101 e. The third-order valence-corrected chi connectivity index (χ3v) is 4.43. The summed E-state index contributed by atoms with van der Waals surface area (Å²) in [7, 11) is 0. The Kier molecular flexibility index (Phi) is 2.60. The summed E-state index contributed by atoms with van der Waals surface area (Å²) in [5, 5.41) is 9.17. The lowest BCUT2D eigenvalue weighted by molar-refractivity contribution is 0.695. The van der Waals surface area contributed by atoms with Crippen molar-refractivity contribution < 1.29 is 0 Å². The molecule has 0 saturated carbocycles. The Hall–Kier alpha value is -0.810. The summed E-state index contributed by atoms with van der Waals surface area (Å²) in [5.41, 5.74) is 2.37. The molecule has 0 atom stereocenters. The van der Waals surface area contributed by atoms with Crippen LogP contribution in [0.1, 0.15) is 53.5 Å². The van der Waals surface area contributed by atoms with Gasteiger partial charge in [0.25, 0.3) is 0 Å². The van der Waals surface area contributed by atoms with Crippen molar-refractivity contribution in [1.29, 1.82) is 5.26 Å². The Morgan fingerprint density at radius 1 is 1.29 bits per heavy atom. The van der Waals surface area contributed by atoms with Crippen molar-refractivity contribution in [3.8, 4) is 6.07 Å². The van der Waals surface area contributed by atoms with Gasteiger partial charge in [-0.3, -0.25) is 0 Å². The van der Waals surface area contributed by atoms with E-state index in [1.807, 2.05) is 11.3 Å². The number of nitrogens with zero attached hydrogens (tertiary/aromatic N) is 1. The molecule has 0 radical (unpaired) electrons. The van der Waals surface area contributed by atoms with Crippen LogP contribution in [0.5, 0.6) is 0 Å². The van der Waals surface area contributed by atoms with Gasteiger partial charge in [-0.05, 0) is 37.2 Å². The molecule has 0 unspecified atom stereocenters. The van der Waals surface area contributed by atoms with E-state index in [9.17, 15) is 0 Å². The van der Waals surface area contributed by atoms with E-state index in [4.69, 9.17) is 5.26 Å². The molecule has 1 nitrogen and oxygen atoms in total. The smallest absolute Gasteiger partial charge is 0.101 e. The van der Waals surface area contributed by atoms with Crippen molar-refractivity contribution in [3.05, 3.63) is 20.9 Å². The van der Waals surface area contributed by atoms with E-state index >= 15 is 0 Å². The van der Waals surface area contributed by atoms with Crippen molar-refractivity contribution in [2.24, 2.45) is 0 Å². The molecule has 1 aromatic rings. The van der Waals surface area contributed by atoms with E-state index in [1.54, 1.807) is 0 Å². The Balaban J connectivity index is 2.53. The largest absolute Gasteiger partial charge is 0.192 e. The highest BCUT2D eigenvalue weighted by molar-refractivity contribution is 7.12. The molecule has 0 N–H and O–H groups in total. The van der Waals surface area contributed by atoms with Crippen LogP contribution in [0.25, 0.3) is 0 Å². The van der Waals surface area contributed by atoms with Gasteiger partial charge in [-0.25, -0.2) is 0 Å². The van der Waals surface area contributed by atoms with E-state index in [2.05, 4.69) is 19.9 Å². The molecule has 0 aromatic carbocycles. The number of aryl methyl sites for hydroxylation is 1. The fourth-order valence-electron chi connectivity index (χ4n) is 2.12. The lowest BCUT2D eigenvalue weighted by Crippen LogP contribution is -1.99. The van der Waals surface area contributed by atoms with Crippen molar-refractivity contribution in [3.63, 3.8) is 0 Å². The van der Waals surface area contributed by atoms with E-state index in [0.717, 1.165) is 12.0 Å². The average molecular weight is 205 g/mol. The van der Waals surface area contributed by atoms with Gasteiger partial charge in [0.05, 0.1) is 5.56 Å². The molecule has 0 saturated heterocycles. The van der Waals surface area contributed by atoms with Gasteiger partial charge in [-0.15, -0.1) is 11.3 Å². The van der Waals surface area contributed by atoms with Crippen LogP contribution in [0.4, 0.5) is 0 Å². The number of nitriles is 1. The van der Waals surface area contributed by atoms with Crippen molar-refractivity contribution in [2.75, 3.05) is 0 Å². The molecular formula is C12H15NS. The highest BCUT2D eigenvalue weighted by Gasteiger charge is 2.21. The fraction of sp³-hybridized carbons (Fsp3) is 0.583. The SMILES string of the molecule is CC(C)c1sc2c(c1C#N)CCCC2. The Morgan fingerprint density at radius 2 is 2.00 bits per heavy atom. The monoisotopic (exact) mass is 205 g/mol. The molecule has 1 aromatic heterocycles. The molecule has 2 rings (SSSR count). The fourth-order valence-corrected chi connectivity index (χ4v) is 3.46. The minimum atomic E-state index is 0.500. The molecule has 14 heavy (non-hydrogen) atoms. The van der Waals surface area contributed by atoms with Gasteiger partial charge in [0.15, 0.2) is 0 Å². The molecular weight excluding hydrogens is 190 g/mol. The predicted molar refractivity (Wildman–Crippen MR) is 59.8 cm³/mol. The van der Waals surface area contributed by atoms with Crippen molar-refractivity contribution in [2.45, 2.75) is 45.4 Å². The molecule has 1 aliphatic carbocycles. The molecule has 2 heteroatoms. The lowest BCUT2D eigenvalue weighted by Gasteiger charge is -2.09. The zero-order valence-corrected chi connectivity index (χ0v) is 9.58. The molecule has 0 amide bonds. The number of hydrogen-bond acceptors (Lipinski definition) is 2. The minimum Gasteiger partial charge on any atom is -0.192 e. The van der Waals surface area contributed by atoms with Gasteiger partial charge in [-0.2, -0.15) is 5.26 Å². The van der Waals surface area contributed by atoms with Gasteiger partial charge in [0.2, 0.25) is 0 Å². The van der Waals surface area contributed by atoms with Gasteiger partial charge < -0.3 is 0 Å². The van der Waals surface area contributed by atoms with Crippen LogP contribution in [-0.4, -0.2) is 0 Å². The topological polar surface area (TPSA) is 23.8 Å². The number of hydrogen-bond donors (Lipinski definition) is 0. The quantitative estimate of drug-likeness (QED) is 0.687. The third-order valence-electron chi connectivity index (χ3n) is 2.83. The van der Waals surface area contributed by atoms with E-state index in [0.29, 0.717) is 5.92 Å². The zero-order valence-electron chi connectivity index (χ0n) is 8.76. The first-order valence-corrected chi connectivity index (χ1v) is 6.10. The predicted octanol–water partition coefficient (Wildman–Crippen LogP) is 3.62. The van der Waals surface area contributed by atoms with Crippen molar-refractivity contribution in [1.82, 2.24) is 0 Å². The molecule has 1 heterocycles. The lowest BCUT2D eigenvalue weighted by atomic mass is 9.94. The molecule has 0 bridgehead atoms. The summed E-state index contributed by atoms with van der Waals surface area (Å²) < 4.78 is 0. The first-order valence-electron chi connectivity index (χ1n) is 5.28. The van der Waals surface area contributed by atoms with Gasteiger partial charge >= 0.3 is 0 Å². The Morgan fingerprint density at radius 3 is 2.64 bits per heavy atom. The summed E-state index contributed by atoms with van der Waals surface area (Å²) in [5.74, 6) is 0.500. The van der Waals surface area contributed by atoms with E-state index in [-0.39, 0.29) is 0 Å². The first kappa shape index (κ1) is 9.73. The highest BCUT2D eigenvalue weighted by atomic mass is 32.1. The zero-order chi connectivity index (χ0) is 10.1. The van der Waals surface area contributed by atoms with Crippen LogP contribution in [0, 0.1) is 11.3 Å². The Labute approximate surface area is 89.4 Å². The van der Waals surface area contributed by atoms with Crippen LogP contribution in [0.3, 0.4) is 0 Å². The van der Waals surface area contributed by atoms with Crippen LogP contribution in [0.2, 0.25) is 0 Å². The second-order valence-corrected chi connectivity index (χ2v) is 5.35. The standard InChI is InChI=1S/C12H15NS/c1-8(2)12-10(7-13)9-5-3-4-6-11(9)14-12/h8H,3-6H2,1-2H3. The Bertz CT molecular complexity index is 382. The normalized spacial score (nSPS) is 15.3. The first-order chi connectivity index (χ1) is 6.74. The van der Waals surface area contributed by atoms with Crippen molar-refractivity contribution >= 4 is 11.3 Å². The van der Waals surface area contributed by atoms with E-state index < -0.39 is 0 Å². The maximum absolute atomic E-state index is 9.17. The van der Waals surface area contributed by atoms with Crippen LogP contribution in [-0.2, 0) is 12.8 Å². The molecule has 1 aliphatic rings. The van der Waals surface area contributed by atoms with Gasteiger partial charge in [0.1, 0.15) is 6.07 Å². The van der Waals surface area contributed by atoms with Crippen LogP contribution >= 0.6 is 11.3 Å². The molecule has 0 spiro atoms. The van der Waals surface area contributed by atoms with Crippen LogP contribution < -0.4 is 0 Å². The van der Waals surface area contributed by atoms with E-state index in [1.165, 1.54) is 34.6 Å². The molecule has 0 aliphatic heterocycles. The maximum atomic E-state index is 9.17. The third kappa shape index (κ3) is 1.46. The van der Waals surface area contributed by atoms with Crippen LogP contribution in [0.15, 0.2) is 0 Å². The second kappa shape index (κ2) is 3.74. The summed E-state index contributed by atoms with van der Waals surface area (Å²) in [6.45, 7) is 4.36. The number of fused-ring (bicyclic) bond motifs is 1. The van der Waals surface area contributed by atoms with Gasteiger partial charge in [-0.1, -0.05) is 13.8 Å². The molecule has 0 fully saturated rings. The number of thiophene rings is 1. The summed E-state index contributed by atoms with van der Waals surface area (Å²) in [6, 6.07) is 2.40. The number of rotatable bonds is 1. The highest BCUT2D eigenvalue weighted by Crippen LogP contribution is 2.37. The second-order valence-electron chi connectivity index (χ2n) is 4.22. The summed E-state index contributed by atoms with van der Waals surface area (Å²) in [4.78, 5) is 2.79. The molecule has 74 valence electrons. The minimum absolute atomic E-state index is 0.500. The summed E-state index contributed by atoms with van der Waals surface area (Å²) >= 11 is 1.87.